The fourth-order valence-electron chi connectivity index (χ4n) is 6.64. The second-order valence-corrected chi connectivity index (χ2v) is 16.1. The first-order valence-corrected chi connectivity index (χ1v) is 21.4. The average molecular weight is 897 g/mol. The largest absolute Gasteiger partial charge is 0.494 e. The van der Waals surface area contributed by atoms with E-state index in [4.69, 9.17) is 30.3 Å². The van der Waals surface area contributed by atoms with Crippen LogP contribution in [0, 0.1) is 13.8 Å². The fraction of sp³-hybridized carbons (Fsp3) is 0.435. The summed E-state index contributed by atoms with van der Waals surface area (Å²) in [4.78, 5) is 61.9. The van der Waals surface area contributed by atoms with Crippen molar-refractivity contribution >= 4 is 58.0 Å². The van der Waals surface area contributed by atoms with Crippen molar-refractivity contribution in [3.8, 4) is 11.5 Å². The Morgan fingerprint density at radius 3 is 1.83 bits per heavy atom. The van der Waals surface area contributed by atoms with E-state index in [1.54, 1.807) is 47.5 Å². The molecule has 4 heterocycles. The lowest BCUT2D eigenvalue weighted by Crippen LogP contribution is -2.57. The Morgan fingerprint density at radius 2 is 1.35 bits per heavy atom. The molecule has 0 saturated carbocycles. The standard InChI is InChI=1S/C36H46N10O6.C7H10N2O.C3H8/c1-10-22-29(51-19(2)41-22)32(49)44-34-43-23-15-20(30(37)47)17-25(50-9)27(23)46(34)14-12-11-13-45-28-24(42-33(45)39-7)16-21(31(38)48)18-26(28)52-36(5,6)35(3,4)40-8;1-3-9-7(5-10)4-6(2)8-9;1-3-2/h11-12,15-18,40H,10,13-14H2,1-9H3,(H2,37,47)(H2,38,48)(H,39,42)(H,43,44,49);4-5H,3H2,1-2H3;3H2,1-2H3/b12-11+;;. The van der Waals surface area contributed by atoms with Gasteiger partial charge in [-0.05, 0) is 85.3 Å². The molecule has 19 heteroatoms. The van der Waals surface area contributed by atoms with Crippen molar-refractivity contribution in [1.82, 2.24) is 39.2 Å². The number of anilines is 2. The molecular formula is C46H64N12O7. The number of nitrogens with zero attached hydrogens (tertiary/aromatic N) is 7. The normalized spacial score (nSPS) is 11.5. The molecule has 6 aromatic rings. The zero-order valence-electron chi connectivity index (χ0n) is 39.8. The molecule has 350 valence electrons. The number of primary amides is 2. The zero-order valence-corrected chi connectivity index (χ0v) is 39.8. The van der Waals surface area contributed by atoms with Gasteiger partial charge in [0.25, 0.3) is 5.91 Å². The summed E-state index contributed by atoms with van der Waals surface area (Å²) in [7, 11) is 5.09. The van der Waals surface area contributed by atoms with Crippen LogP contribution in [-0.4, -0.2) is 90.2 Å². The molecule has 4 aromatic heterocycles. The number of imidazole rings is 2. The highest BCUT2D eigenvalue weighted by Crippen LogP contribution is 2.36. The summed E-state index contributed by atoms with van der Waals surface area (Å²) in [5.74, 6) is 0.186. The number of carbonyl (C=O) groups is 4. The molecule has 0 spiro atoms. The van der Waals surface area contributed by atoms with Crippen LogP contribution in [0.4, 0.5) is 11.9 Å². The van der Waals surface area contributed by atoms with Crippen molar-refractivity contribution in [3.63, 3.8) is 0 Å². The maximum atomic E-state index is 13.4. The SMILES string of the molecule is CCC.CCc1nc(C)oc1C(=O)Nc1nc2cc(C(N)=O)cc(OC)c2n1C/C=C/Cn1c(NC)nc2cc(C(N)=O)cc(OC(C)(C)C(C)(C)NC)c21.CCn1nc(C)cc1C=O. The number of aldehydes is 1. The van der Waals surface area contributed by atoms with Crippen LogP contribution < -0.4 is 36.9 Å². The number of nitrogens with two attached hydrogens (primary N) is 2. The molecule has 0 aliphatic carbocycles. The lowest BCUT2D eigenvalue weighted by atomic mass is 9.86. The summed E-state index contributed by atoms with van der Waals surface area (Å²) in [6.45, 7) is 20.9. The summed E-state index contributed by atoms with van der Waals surface area (Å²) in [5, 5.41) is 13.4. The minimum Gasteiger partial charge on any atom is -0.494 e. The summed E-state index contributed by atoms with van der Waals surface area (Å²) in [6, 6.07) is 8.13. The van der Waals surface area contributed by atoms with E-state index >= 15 is 0 Å². The molecule has 0 bridgehead atoms. The van der Waals surface area contributed by atoms with Crippen LogP contribution in [0.2, 0.25) is 0 Å². The van der Waals surface area contributed by atoms with Gasteiger partial charge in [-0.1, -0.05) is 39.3 Å². The smallest absolute Gasteiger partial charge is 0.295 e. The van der Waals surface area contributed by atoms with Gasteiger partial charge < -0.3 is 45.1 Å². The zero-order chi connectivity index (χ0) is 48.4. The highest BCUT2D eigenvalue weighted by molar-refractivity contribution is 6.04. The second kappa shape index (κ2) is 21.6. The maximum Gasteiger partial charge on any atom is 0.295 e. The van der Waals surface area contributed by atoms with Crippen molar-refractivity contribution in [2.24, 2.45) is 11.5 Å². The van der Waals surface area contributed by atoms with E-state index in [1.165, 1.54) is 19.6 Å². The van der Waals surface area contributed by atoms with Gasteiger partial charge in [0.2, 0.25) is 29.5 Å². The number of hydrogen-bond donors (Lipinski definition) is 5. The van der Waals surface area contributed by atoms with Crippen molar-refractivity contribution in [2.45, 2.75) is 113 Å². The lowest BCUT2D eigenvalue weighted by molar-refractivity contribution is 0.0251. The van der Waals surface area contributed by atoms with Crippen LogP contribution in [0.25, 0.3) is 22.1 Å². The molecule has 0 aliphatic heterocycles. The van der Waals surface area contributed by atoms with Gasteiger partial charge in [-0.15, -0.1) is 0 Å². The number of allylic oxidation sites excluding steroid dienone is 2. The number of aryl methyl sites for hydroxylation is 4. The van der Waals surface area contributed by atoms with Crippen molar-refractivity contribution in [1.29, 1.82) is 0 Å². The van der Waals surface area contributed by atoms with Crippen molar-refractivity contribution in [3.05, 3.63) is 82.3 Å². The quantitative estimate of drug-likeness (QED) is 0.0479. The van der Waals surface area contributed by atoms with E-state index in [1.807, 2.05) is 72.2 Å². The first-order valence-electron chi connectivity index (χ1n) is 21.4. The topological polar surface area (TPSA) is 254 Å². The highest BCUT2D eigenvalue weighted by atomic mass is 16.5. The third kappa shape index (κ3) is 11.4. The molecule has 0 radical (unpaired) electrons. The summed E-state index contributed by atoms with van der Waals surface area (Å²) in [5.41, 5.74) is 14.7. The molecule has 0 saturated heterocycles. The maximum absolute atomic E-state index is 13.4. The van der Waals surface area contributed by atoms with Crippen LogP contribution in [0.3, 0.4) is 0 Å². The van der Waals surface area contributed by atoms with Gasteiger partial charge in [-0.25, -0.2) is 15.0 Å². The number of ether oxygens (including phenoxy) is 2. The average Bonchev–Trinajstić information content (AvgIpc) is 4.03. The van der Waals surface area contributed by atoms with Crippen LogP contribution in [0.1, 0.15) is 121 Å². The minimum absolute atomic E-state index is 0.0873. The fourth-order valence-corrected chi connectivity index (χ4v) is 6.64. The molecule has 19 nitrogen and oxygen atoms in total. The summed E-state index contributed by atoms with van der Waals surface area (Å²) >= 11 is 0. The molecule has 7 N–H and O–H groups in total. The number of amides is 3. The van der Waals surface area contributed by atoms with E-state index in [9.17, 15) is 19.2 Å². The number of benzene rings is 2. The second-order valence-electron chi connectivity index (χ2n) is 16.1. The number of rotatable bonds is 17. The van der Waals surface area contributed by atoms with Crippen LogP contribution in [0.5, 0.6) is 11.5 Å². The number of methoxy groups -OCH3 is 1. The van der Waals surface area contributed by atoms with E-state index < -0.39 is 28.9 Å². The third-order valence-electron chi connectivity index (χ3n) is 10.8. The number of hydrogen-bond acceptors (Lipinski definition) is 13. The van der Waals surface area contributed by atoms with Crippen LogP contribution in [0.15, 0.2) is 46.9 Å². The number of oxazole rings is 1. The molecule has 0 unspecified atom stereocenters. The minimum atomic E-state index is -0.727. The molecule has 3 amide bonds. The van der Waals surface area contributed by atoms with E-state index in [2.05, 4.69) is 44.9 Å². The predicted octanol–water partition coefficient (Wildman–Crippen LogP) is 6.60. The van der Waals surface area contributed by atoms with Gasteiger partial charge in [-0.3, -0.25) is 29.2 Å². The highest BCUT2D eigenvalue weighted by Gasteiger charge is 2.39. The Bertz CT molecular complexity index is 2680. The van der Waals surface area contributed by atoms with E-state index in [0.29, 0.717) is 69.8 Å². The molecule has 65 heavy (non-hydrogen) atoms. The first kappa shape index (κ1) is 50.6. The monoisotopic (exact) mass is 897 g/mol. The number of carbonyl (C=O) groups excluding carboxylic acids is 4. The van der Waals surface area contributed by atoms with Gasteiger partial charge in [-0.2, -0.15) is 5.10 Å². The van der Waals surface area contributed by atoms with Gasteiger partial charge in [0, 0.05) is 44.7 Å². The van der Waals surface area contributed by atoms with Crippen molar-refractivity contribution in [2.75, 3.05) is 31.8 Å². The van der Waals surface area contributed by atoms with E-state index in [-0.39, 0.29) is 29.4 Å². The number of aromatic nitrogens is 7. The van der Waals surface area contributed by atoms with E-state index in [0.717, 1.165) is 18.5 Å². The molecule has 0 fully saturated rings. The van der Waals surface area contributed by atoms with Gasteiger partial charge >= 0.3 is 0 Å². The third-order valence-corrected chi connectivity index (χ3v) is 10.8. The Kier molecular flexibility index (Phi) is 16.8. The Balaban J connectivity index is 0.000000615. The predicted molar refractivity (Wildman–Crippen MR) is 252 cm³/mol. The number of nitrogens with one attached hydrogen (secondary N) is 3. The molecule has 6 rings (SSSR count). The molecule has 2 aromatic carbocycles. The number of likely N-dealkylation sites (N-methyl/N-ethyl adjacent to an activating group) is 1. The molecular weight excluding hydrogens is 833 g/mol. The van der Waals surface area contributed by atoms with Gasteiger partial charge in [0.15, 0.2) is 12.2 Å². The van der Waals surface area contributed by atoms with Gasteiger partial charge in [0.05, 0.1) is 35.1 Å². The summed E-state index contributed by atoms with van der Waals surface area (Å²) < 4.78 is 23.3. The Morgan fingerprint density at radius 1 is 0.815 bits per heavy atom. The van der Waals surface area contributed by atoms with Crippen LogP contribution >= 0.6 is 0 Å². The van der Waals surface area contributed by atoms with Crippen molar-refractivity contribution < 1.29 is 33.1 Å². The van der Waals surface area contributed by atoms with Gasteiger partial charge in [0.1, 0.15) is 33.8 Å². The Labute approximate surface area is 379 Å². The van der Waals surface area contributed by atoms with Crippen LogP contribution in [-0.2, 0) is 26.1 Å². The first-order chi connectivity index (χ1) is 30.7. The lowest BCUT2D eigenvalue weighted by Gasteiger charge is -2.41. The number of fused-ring (bicyclic) bond motifs is 2. The molecule has 0 aliphatic rings. The Hall–Kier alpha value is -7.02. The summed E-state index contributed by atoms with van der Waals surface area (Å²) in [6.07, 6.45) is 6.39. The molecule has 0 atom stereocenters.